The van der Waals surface area contributed by atoms with Crippen LogP contribution in [0, 0.1) is 11.3 Å². The maximum Gasteiger partial charge on any atom is 0.310 e. The molecule has 3 nitrogen and oxygen atoms in total. The van der Waals surface area contributed by atoms with Crippen LogP contribution in [0.25, 0.3) is 0 Å². The van der Waals surface area contributed by atoms with Crippen LogP contribution in [0.4, 0.5) is 0 Å². The molecule has 1 aromatic rings. The van der Waals surface area contributed by atoms with Gasteiger partial charge in [-0.25, -0.2) is 0 Å². The van der Waals surface area contributed by atoms with Crippen molar-refractivity contribution in [1.82, 2.24) is 0 Å². The lowest BCUT2D eigenvalue weighted by Gasteiger charge is -2.10. The van der Waals surface area contributed by atoms with Crippen molar-refractivity contribution < 1.29 is 9.53 Å². The molecule has 0 saturated heterocycles. The number of halogens is 2. The minimum absolute atomic E-state index is 0.0132. The van der Waals surface area contributed by atoms with E-state index in [1.807, 2.05) is 6.07 Å². The average molecular weight is 272 g/mol. The fourth-order valence-corrected chi connectivity index (χ4v) is 2.09. The number of esters is 1. The van der Waals surface area contributed by atoms with Crippen molar-refractivity contribution in [3.05, 3.63) is 33.8 Å². The van der Waals surface area contributed by atoms with E-state index in [9.17, 15) is 4.79 Å². The maximum absolute atomic E-state index is 11.4. The van der Waals surface area contributed by atoms with E-state index < -0.39 is 5.97 Å². The second-order valence-corrected chi connectivity index (χ2v) is 3.95. The lowest BCUT2D eigenvalue weighted by molar-refractivity contribution is -0.142. The van der Waals surface area contributed by atoms with Gasteiger partial charge in [0.25, 0.3) is 0 Å². The Balaban J connectivity index is 3.15. The quantitative estimate of drug-likeness (QED) is 0.625. The Kier molecular flexibility index (Phi) is 5.27. The summed E-state index contributed by atoms with van der Waals surface area (Å²) in [6.45, 7) is 2.03. The van der Waals surface area contributed by atoms with Crippen molar-refractivity contribution in [2.24, 2.45) is 0 Å². The molecule has 0 aliphatic carbocycles. The van der Waals surface area contributed by atoms with Crippen molar-refractivity contribution in [3.8, 4) is 6.07 Å². The van der Waals surface area contributed by atoms with Gasteiger partial charge in [-0.2, -0.15) is 5.26 Å². The zero-order chi connectivity index (χ0) is 12.8. The second-order valence-electron chi connectivity index (χ2n) is 3.28. The first kappa shape index (κ1) is 13.8. The van der Waals surface area contributed by atoms with Crippen molar-refractivity contribution >= 4 is 29.2 Å². The SMILES string of the molecule is CCOC(=O)Cc1c(C#N)ccc(Cl)c1CCl. The van der Waals surface area contributed by atoms with E-state index in [1.54, 1.807) is 19.1 Å². The molecule has 0 saturated carbocycles. The van der Waals surface area contributed by atoms with Gasteiger partial charge in [0.2, 0.25) is 0 Å². The maximum atomic E-state index is 11.4. The van der Waals surface area contributed by atoms with E-state index in [1.165, 1.54) is 0 Å². The molecule has 0 unspecified atom stereocenters. The molecule has 1 rings (SSSR count). The minimum Gasteiger partial charge on any atom is -0.466 e. The second kappa shape index (κ2) is 6.48. The van der Waals surface area contributed by atoms with Crippen LogP contribution < -0.4 is 0 Å². The van der Waals surface area contributed by atoms with Crippen LogP contribution in [0.3, 0.4) is 0 Å². The molecule has 0 N–H and O–H groups in total. The fourth-order valence-electron chi connectivity index (χ4n) is 1.47. The predicted octanol–water partition coefficient (Wildman–Crippen LogP) is 3.06. The van der Waals surface area contributed by atoms with Crippen LogP contribution in [0.5, 0.6) is 0 Å². The normalized spacial score (nSPS) is 9.76. The smallest absolute Gasteiger partial charge is 0.310 e. The molecule has 0 aliphatic heterocycles. The van der Waals surface area contributed by atoms with Gasteiger partial charge in [0.05, 0.1) is 24.7 Å². The van der Waals surface area contributed by atoms with Crippen LogP contribution >= 0.6 is 23.2 Å². The van der Waals surface area contributed by atoms with Gasteiger partial charge in [0, 0.05) is 10.9 Å². The molecular weight excluding hydrogens is 261 g/mol. The Bertz CT molecular complexity index is 466. The predicted molar refractivity (Wildman–Crippen MR) is 66.1 cm³/mol. The highest BCUT2D eigenvalue weighted by molar-refractivity contribution is 6.32. The summed E-state index contributed by atoms with van der Waals surface area (Å²) < 4.78 is 4.85. The van der Waals surface area contributed by atoms with Crippen molar-refractivity contribution in [2.75, 3.05) is 6.61 Å². The molecule has 17 heavy (non-hydrogen) atoms. The van der Waals surface area contributed by atoms with Gasteiger partial charge in [-0.3, -0.25) is 4.79 Å². The zero-order valence-corrected chi connectivity index (χ0v) is 10.8. The number of ether oxygens (including phenoxy) is 1. The number of carbonyl (C=O) groups excluding carboxylic acids is 1. The number of hydrogen-bond donors (Lipinski definition) is 0. The molecule has 0 fully saturated rings. The lowest BCUT2D eigenvalue weighted by Crippen LogP contribution is -2.10. The topological polar surface area (TPSA) is 50.1 Å². The van der Waals surface area contributed by atoms with Gasteiger partial charge in [0.15, 0.2) is 0 Å². The van der Waals surface area contributed by atoms with Gasteiger partial charge >= 0.3 is 5.97 Å². The third-order valence-electron chi connectivity index (χ3n) is 2.25. The molecule has 0 heterocycles. The van der Waals surface area contributed by atoms with Gasteiger partial charge in [-0.05, 0) is 30.2 Å². The molecule has 1 aromatic carbocycles. The molecule has 0 radical (unpaired) electrons. The van der Waals surface area contributed by atoms with Crippen molar-refractivity contribution in [1.29, 1.82) is 5.26 Å². The van der Waals surface area contributed by atoms with Crippen LogP contribution in [-0.2, 0) is 21.8 Å². The van der Waals surface area contributed by atoms with Crippen LogP contribution in [0.2, 0.25) is 5.02 Å². The number of alkyl halides is 1. The number of carbonyl (C=O) groups is 1. The van der Waals surface area contributed by atoms with E-state index in [-0.39, 0.29) is 12.3 Å². The summed E-state index contributed by atoms with van der Waals surface area (Å²) >= 11 is 11.8. The largest absolute Gasteiger partial charge is 0.466 e. The molecule has 0 bridgehead atoms. The molecule has 0 aliphatic rings. The highest BCUT2D eigenvalue weighted by Gasteiger charge is 2.15. The first-order valence-corrected chi connectivity index (χ1v) is 5.97. The summed E-state index contributed by atoms with van der Waals surface area (Å²) in [5, 5.41) is 9.44. The lowest BCUT2D eigenvalue weighted by atomic mass is 10.00. The number of nitrogens with zero attached hydrogens (tertiary/aromatic N) is 1. The van der Waals surface area contributed by atoms with Crippen LogP contribution in [0.1, 0.15) is 23.6 Å². The molecule has 0 aromatic heterocycles. The number of rotatable bonds is 4. The fraction of sp³-hybridized carbons (Fsp3) is 0.333. The number of benzene rings is 1. The molecule has 0 spiro atoms. The monoisotopic (exact) mass is 271 g/mol. The molecular formula is C12H11Cl2NO2. The van der Waals surface area contributed by atoms with Gasteiger partial charge in [-0.1, -0.05) is 11.6 Å². The third kappa shape index (κ3) is 3.36. The zero-order valence-electron chi connectivity index (χ0n) is 9.30. The van der Waals surface area contributed by atoms with Crippen molar-refractivity contribution in [2.45, 2.75) is 19.2 Å². The number of hydrogen-bond acceptors (Lipinski definition) is 3. The van der Waals surface area contributed by atoms with E-state index in [0.717, 1.165) is 0 Å². The highest BCUT2D eigenvalue weighted by Crippen LogP contribution is 2.25. The first-order valence-electron chi connectivity index (χ1n) is 5.06. The summed E-state index contributed by atoms with van der Waals surface area (Å²) in [4.78, 5) is 11.4. The van der Waals surface area contributed by atoms with E-state index >= 15 is 0 Å². The van der Waals surface area contributed by atoms with Crippen LogP contribution in [0.15, 0.2) is 12.1 Å². The van der Waals surface area contributed by atoms with Gasteiger partial charge in [0.1, 0.15) is 0 Å². The minimum atomic E-state index is -0.391. The summed E-state index contributed by atoms with van der Waals surface area (Å²) in [6.07, 6.45) is 0.0132. The summed E-state index contributed by atoms with van der Waals surface area (Å²) in [7, 11) is 0. The Hall–Kier alpha value is -1.24. The van der Waals surface area contributed by atoms with E-state index in [2.05, 4.69) is 0 Å². The molecule has 0 atom stereocenters. The summed E-state index contributed by atoms with van der Waals surface area (Å²) in [5.74, 6) is -0.235. The standard InChI is InChI=1S/C12H11Cl2NO2/c1-2-17-12(16)5-9-8(7-15)3-4-11(14)10(9)6-13/h3-4H,2,5-6H2,1H3. The van der Waals surface area contributed by atoms with Gasteiger partial charge in [-0.15, -0.1) is 11.6 Å². The Morgan fingerprint density at radius 2 is 2.18 bits per heavy atom. The Labute approximate surface area is 110 Å². The molecule has 90 valence electrons. The average Bonchev–Trinajstić information content (AvgIpc) is 2.30. The first-order chi connectivity index (χ1) is 8.13. The summed E-state index contributed by atoms with van der Waals surface area (Å²) in [5.41, 5.74) is 1.56. The molecule has 0 amide bonds. The van der Waals surface area contributed by atoms with Gasteiger partial charge < -0.3 is 4.74 Å². The number of nitriles is 1. The summed E-state index contributed by atoms with van der Waals surface area (Å²) in [6, 6.07) is 5.20. The Morgan fingerprint density at radius 3 is 2.71 bits per heavy atom. The highest BCUT2D eigenvalue weighted by atomic mass is 35.5. The Morgan fingerprint density at radius 1 is 1.47 bits per heavy atom. The van der Waals surface area contributed by atoms with Crippen LogP contribution in [-0.4, -0.2) is 12.6 Å². The van der Waals surface area contributed by atoms with E-state index in [0.29, 0.717) is 28.3 Å². The molecule has 5 heteroatoms. The van der Waals surface area contributed by atoms with Crippen molar-refractivity contribution in [3.63, 3.8) is 0 Å². The van der Waals surface area contributed by atoms with E-state index in [4.69, 9.17) is 33.2 Å². The third-order valence-corrected chi connectivity index (χ3v) is 2.88.